The van der Waals surface area contributed by atoms with E-state index in [4.69, 9.17) is 9.47 Å². The maximum absolute atomic E-state index is 12.0. The third kappa shape index (κ3) is 2.61. The van der Waals surface area contributed by atoms with Crippen molar-refractivity contribution in [3.8, 4) is 11.5 Å². The van der Waals surface area contributed by atoms with Crippen LogP contribution >= 0.6 is 0 Å². The highest BCUT2D eigenvalue weighted by Crippen LogP contribution is 2.33. The molecule has 0 amide bonds. The Morgan fingerprint density at radius 2 is 2.06 bits per heavy atom. The van der Waals surface area contributed by atoms with Crippen molar-refractivity contribution in [2.24, 2.45) is 0 Å². The standard InChI is InChI=1S/C11H13F2NO2/c12-10(13)7-14-6-8-2-1-3-9-11(8)16-5-4-15-9/h1-3,10,14H,4-7H2. The van der Waals surface area contributed by atoms with E-state index in [1.54, 1.807) is 0 Å². The van der Waals surface area contributed by atoms with Crippen molar-refractivity contribution in [1.29, 1.82) is 0 Å². The Morgan fingerprint density at radius 1 is 1.25 bits per heavy atom. The van der Waals surface area contributed by atoms with Crippen LogP contribution in [0.2, 0.25) is 0 Å². The molecule has 16 heavy (non-hydrogen) atoms. The molecule has 3 nitrogen and oxygen atoms in total. The van der Waals surface area contributed by atoms with E-state index in [0.29, 0.717) is 31.3 Å². The van der Waals surface area contributed by atoms with Crippen LogP contribution in [0.25, 0.3) is 0 Å². The first-order valence-electron chi connectivity index (χ1n) is 5.13. The molecule has 1 aromatic rings. The molecule has 5 heteroatoms. The lowest BCUT2D eigenvalue weighted by molar-refractivity contribution is 0.144. The third-order valence-electron chi connectivity index (χ3n) is 2.26. The molecule has 0 spiro atoms. The molecule has 0 saturated heterocycles. The van der Waals surface area contributed by atoms with E-state index in [2.05, 4.69) is 5.32 Å². The molecule has 1 N–H and O–H groups in total. The average molecular weight is 229 g/mol. The molecule has 1 heterocycles. The van der Waals surface area contributed by atoms with Gasteiger partial charge in [0.05, 0.1) is 6.54 Å². The zero-order valence-corrected chi connectivity index (χ0v) is 8.71. The normalized spacial score (nSPS) is 14.2. The van der Waals surface area contributed by atoms with Crippen LogP contribution in [0.4, 0.5) is 8.78 Å². The van der Waals surface area contributed by atoms with E-state index in [9.17, 15) is 8.78 Å². The second-order valence-corrected chi connectivity index (χ2v) is 3.46. The van der Waals surface area contributed by atoms with Crippen LogP contribution in [-0.2, 0) is 6.54 Å². The SMILES string of the molecule is FC(F)CNCc1cccc2c1OCCO2. The van der Waals surface area contributed by atoms with E-state index in [-0.39, 0.29) is 6.54 Å². The summed E-state index contributed by atoms with van der Waals surface area (Å²) in [7, 11) is 0. The van der Waals surface area contributed by atoms with Crippen molar-refractivity contribution in [3.05, 3.63) is 23.8 Å². The highest BCUT2D eigenvalue weighted by Gasteiger charge is 2.15. The van der Waals surface area contributed by atoms with Crippen LogP contribution in [0.15, 0.2) is 18.2 Å². The Bertz CT molecular complexity index is 358. The van der Waals surface area contributed by atoms with Gasteiger partial charge in [0.25, 0.3) is 6.43 Å². The van der Waals surface area contributed by atoms with Crippen LogP contribution in [-0.4, -0.2) is 26.2 Å². The molecule has 0 saturated carbocycles. The van der Waals surface area contributed by atoms with E-state index in [1.807, 2.05) is 18.2 Å². The molecule has 1 aromatic carbocycles. The molecule has 2 rings (SSSR count). The third-order valence-corrected chi connectivity index (χ3v) is 2.26. The summed E-state index contributed by atoms with van der Waals surface area (Å²) in [5.74, 6) is 1.35. The maximum atomic E-state index is 12.0. The van der Waals surface area contributed by atoms with Gasteiger partial charge in [0.2, 0.25) is 0 Å². The predicted octanol–water partition coefficient (Wildman–Crippen LogP) is 1.81. The summed E-state index contributed by atoms with van der Waals surface area (Å²) in [4.78, 5) is 0. The van der Waals surface area contributed by atoms with Crippen molar-refractivity contribution in [2.75, 3.05) is 19.8 Å². The first-order valence-corrected chi connectivity index (χ1v) is 5.13. The second kappa shape index (κ2) is 5.12. The topological polar surface area (TPSA) is 30.5 Å². The number of hydrogen-bond donors (Lipinski definition) is 1. The van der Waals surface area contributed by atoms with Gasteiger partial charge in [-0.3, -0.25) is 0 Å². The van der Waals surface area contributed by atoms with Gasteiger partial charge in [0, 0.05) is 12.1 Å². The van der Waals surface area contributed by atoms with Crippen LogP contribution in [0.3, 0.4) is 0 Å². The molecule has 0 radical (unpaired) electrons. The Kier molecular flexibility index (Phi) is 3.56. The van der Waals surface area contributed by atoms with Gasteiger partial charge < -0.3 is 14.8 Å². The van der Waals surface area contributed by atoms with Gasteiger partial charge in [0.15, 0.2) is 11.5 Å². The van der Waals surface area contributed by atoms with Crippen molar-refractivity contribution < 1.29 is 18.3 Å². The molecule has 1 aliphatic heterocycles. The summed E-state index contributed by atoms with van der Waals surface area (Å²) in [5.41, 5.74) is 0.845. The van der Waals surface area contributed by atoms with E-state index in [1.165, 1.54) is 0 Å². The molecular formula is C11H13F2NO2. The van der Waals surface area contributed by atoms with Crippen molar-refractivity contribution >= 4 is 0 Å². The molecule has 0 aliphatic carbocycles. The highest BCUT2D eigenvalue weighted by atomic mass is 19.3. The number of nitrogens with one attached hydrogen (secondary N) is 1. The zero-order valence-electron chi connectivity index (χ0n) is 8.71. The number of fused-ring (bicyclic) bond motifs is 1. The summed E-state index contributed by atoms with van der Waals surface area (Å²) in [6.45, 7) is 1.07. The minimum atomic E-state index is -2.34. The van der Waals surface area contributed by atoms with Crippen LogP contribution in [0.1, 0.15) is 5.56 Å². The molecule has 0 atom stereocenters. The molecule has 1 aliphatic rings. The Hall–Kier alpha value is -1.36. The molecule has 0 aromatic heterocycles. The summed E-state index contributed by atoms with van der Waals surface area (Å²) < 4.78 is 34.8. The summed E-state index contributed by atoms with van der Waals surface area (Å²) in [5, 5.41) is 2.67. The second-order valence-electron chi connectivity index (χ2n) is 3.46. The van der Waals surface area contributed by atoms with Gasteiger partial charge >= 0.3 is 0 Å². The fourth-order valence-corrected chi connectivity index (χ4v) is 1.59. The van der Waals surface area contributed by atoms with Gasteiger partial charge in [-0.2, -0.15) is 0 Å². The van der Waals surface area contributed by atoms with E-state index in [0.717, 1.165) is 5.56 Å². The lowest BCUT2D eigenvalue weighted by atomic mass is 10.1. The first-order chi connectivity index (χ1) is 7.77. The Labute approximate surface area is 92.4 Å². The largest absolute Gasteiger partial charge is 0.486 e. The number of benzene rings is 1. The lowest BCUT2D eigenvalue weighted by Crippen LogP contribution is -2.22. The van der Waals surface area contributed by atoms with Crippen molar-refractivity contribution in [2.45, 2.75) is 13.0 Å². The summed E-state index contributed by atoms with van der Waals surface area (Å²) >= 11 is 0. The zero-order chi connectivity index (χ0) is 11.4. The fourth-order valence-electron chi connectivity index (χ4n) is 1.59. The number of para-hydroxylation sites is 1. The molecule has 88 valence electrons. The first kappa shape index (κ1) is 11.1. The van der Waals surface area contributed by atoms with Crippen molar-refractivity contribution in [3.63, 3.8) is 0 Å². The number of rotatable bonds is 4. The number of ether oxygens (including phenoxy) is 2. The van der Waals surface area contributed by atoms with Crippen molar-refractivity contribution in [1.82, 2.24) is 5.32 Å². The molecular weight excluding hydrogens is 216 g/mol. The van der Waals surface area contributed by atoms with Gasteiger partial charge in [-0.25, -0.2) is 8.78 Å². The Morgan fingerprint density at radius 3 is 2.88 bits per heavy atom. The van der Waals surface area contributed by atoms with Crippen LogP contribution < -0.4 is 14.8 Å². The highest BCUT2D eigenvalue weighted by molar-refractivity contribution is 5.47. The van der Waals surface area contributed by atoms with Crippen LogP contribution in [0, 0.1) is 0 Å². The molecule has 0 bridgehead atoms. The van der Waals surface area contributed by atoms with E-state index >= 15 is 0 Å². The van der Waals surface area contributed by atoms with Crippen LogP contribution in [0.5, 0.6) is 11.5 Å². The van der Waals surface area contributed by atoms with Gasteiger partial charge in [-0.15, -0.1) is 0 Å². The van der Waals surface area contributed by atoms with Gasteiger partial charge in [-0.1, -0.05) is 12.1 Å². The van der Waals surface area contributed by atoms with Gasteiger partial charge in [-0.05, 0) is 6.07 Å². The van der Waals surface area contributed by atoms with E-state index < -0.39 is 6.43 Å². The fraction of sp³-hybridized carbons (Fsp3) is 0.455. The number of hydrogen-bond acceptors (Lipinski definition) is 3. The summed E-state index contributed by atoms with van der Waals surface area (Å²) in [6, 6.07) is 5.48. The smallest absolute Gasteiger partial charge is 0.250 e. The summed E-state index contributed by atoms with van der Waals surface area (Å²) in [6.07, 6.45) is -2.34. The average Bonchev–Trinajstić information content (AvgIpc) is 2.29. The Balaban J connectivity index is 2.03. The maximum Gasteiger partial charge on any atom is 0.250 e. The monoisotopic (exact) mass is 229 g/mol. The quantitative estimate of drug-likeness (QED) is 0.854. The minimum Gasteiger partial charge on any atom is -0.486 e. The minimum absolute atomic E-state index is 0.315. The van der Waals surface area contributed by atoms with Gasteiger partial charge in [0.1, 0.15) is 13.2 Å². The number of alkyl halides is 2. The molecule has 0 unspecified atom stereocenters. The lowest BCUT2D eigenvalue weighted by Gasteiger charge is -2.21. The molecule has 0 fully saturated rings. The number of halogens is 2. The predicted molar refractivity (Wildman–Crippen MR) is 55.1 cm³/mol.